The fourth-order valence-corrected chi connectivity index (χ4v) is 9.62. The minimum atomic E-state index is -6.21. The van der Waals surface area contributed by atoms with Crippen molar-refractivity contribution in [3.63, 3.8) is 0 Å². The molecule has 3 heterocycles. The van der Waals surface area contributed by atoms with Crippen molar-refractivity contribution >= 4 is 33.0 Å². The number of nitrogens with zero attached hydrogens (tertiary/aromatic N) is 3. The van der Waals surface area contributed by atoms with Crippen LogP contribution in [-0.4, -0.2) is 26.9 Å². The number of rotatable bonds is 8. The number of benzene rings is 7. The minimum absolute atomic E-state index is 0. The number of pyridine rings is 1. The van der Waals surface area contributed by atoms with Crippen LogP contribution in [0.25, 0.3) is 83.6 Å². The van der Waals surface area contributed by atoms with Gasteiger partial charge in [0.05, 0.1) is 22.4 Å². The monoisotopic (exact) mass is 1240 g/mol. The van der Waals surface area contributed by atoms with E-state index in [9.17, 15) is 35.1 Å². The zero-order valence-corrected chi connectivity index (χ0v) is 47.1. The van der Waals surface area contributed by atoms with E-state index in [1.54, 1.807) is 30.5 Å². The molecule has 0 unspecified atom stereocenters. The summed E-state index contributed by atoms with van der Waals surface area (Å²) in [6, 6.07) is 47.8. The Morgan fingerprint density at radius 2 is 1.15 bits per heavy atom. The number of furan rings is 1. The molecule has 0 aliphatic rings. The second-order valence-corrected chi connectivity index (χ2v) is 22.1. The summed E-state index contributed by atoms with van der Waals surface area (Å²) in [4.78, 5) is 9.37. The fourth-order valence-electron chi connectivity index (χ4n) is 9.62. The zero-order chi connectivity index (χ0) is 55.6. The second-order valence-electron chi connectivity index (χ2n) is 22.1. The first-order valence-electron chi connectivity index (χ1n) is 25.4. The molecule has 0 saturated carbocycles. The Labute approximate surface area is 462 Å². The number of fused-ring (bicyclic) bond motifs is 4. The van der Waals surface area contributed by atoms with E-state index in [1.165, 1.54) is 23.3 Å². The number of hydrogen-bond acceptors (Lipinski definition) is 3. The van der Waals surface area contributed by atoms with Crippen molar-refractivity contribution in [3.05, 3.63) is 198 Å². The van der Waals surface area contributed by atoms with Crippen molar-refractivity contribution in [2.75, 3.05) is 0 Å². The molecule has 0 fully saturated rings. The zero-order valence-electron chi connectivity index (χ0n) is 44.7. The molecule has 0 aliphatic heterocycles. The quantitative estimate of drug-likeness (QED) is 0.112. The van der Waals surface area contributed by atoms with E-state index < -0.39 is 23.6 Å². The molecule has 7 aromatic carbocycles. The number of para-hydroxylation sites is 2. The number of imidazole rings is 1. The first-order valence-corrected chi connectivity index (χ1v) is 25.4. The molecule has 0 aliphatic carbocycles. The SMILES string of the molecule is CC(C)c1cc(-c2cc(C(C)(C)C)cc(C(C)(C)C)c2)cc(C(C)C)c1-n1c(-c2[c-]ccc3c2oc2cc(-c4ccc(C(F)(C(F)(F)F)C(F)(F)F)cc4)ccc23)nc2ccccc21.Fc1c[c-]c(-c2ccccn2)cc1.[Ir]. The van der Waals surface area contributed by atoms with Gasteiger partial charge in [0.1, 0.15) is 5.58 Å². The van der Waals surface area contributed by atoms with Gasteiger partial charge in [-0.05, 0) is 109 Å². The van der Waals surface area contributed by atoms with Gasteiger partial charge in [0.2, 0.25) is 0 Å². The molecule has 0 amide bonds. The van der Waals surface area contributed by atoms with Crippen LogP contribution in [0.1, 0.15) is 109 Å². The van der Waals surface area contributed by atoms with Crippen LogP contribution in [0.4, 0.5) is 35.1 Å². The summed E-state index contributed by atoms with van der Waals surface area (Å²) in [5.41, 5.74) is 6.52. The van der Waals surface area contributed by atoms with Gasteiger partial charge in [-0.25, -0.2) is 4.39 Å². The largest absolute Gasteiger partial charge is 0.501 e. The molecule has 78 heavy (non-hydrogen) atoms. The molecule has 405 valence electrons. The van der Waals surface area contributed by atoms with Crippen LogP contribution in [0.5, 0.6) is 0 Å². The summed E-state index contributed by atoms with van der Waals surface area (Å²) in [6.07, 6.45) is -10.7. The average molecular weight is 1240 g/mol. The normalized spacial score (nSPS) is 12.6. The van der Waals surface area contributed by atoms with Gasteiger partial charge >= 0.3 is 18.0 Å². The molecular weight excluding hydrogens is 1180 g/mol. The second kappa shape index (κ2) is 21.4. The van der Waals surface area contributed by atoms with Crippen LogP contribution in [0, 0.1) is 17.9 Å². The maximum absolute atomic E-state index is 14.8. The first-order chi connectivity index (χ1) is 36.2. The maximum atomic E-state index is 14.8. The van der Waals surface area contributed by atoms with Gasteiger partial charge in [-0.2, -0.15) is 26.3 Å². The van der Waals surface area contributed by atoms with Crippen molar-refractivity contribution in [1.82, 2.24) is 14.5 Å². The van der Waals surface area contributed by atoms with E-state index in [4.69, 9.17) is 9.40 Å². The fraction of sp³-hybridized carbons (Fsp3) is 0.262. The van der Waals surface area contributed by atoms with E-state index in [2.05, 4.69) is 127 Å². The van der Waals surface area contributed by atoms with Crippen molar-refractivity contribution in [2.45, 2.75) is 110 Å². The molecule has 1 radical (unpaired) electrons. The van der Waals surface area contributed by atoms with Crippen LogP contribution in [-0.2, 0) is 36.6 Å². The number of hydrogen-bond donors (Lipinski definition) is 0. The Morgan fingerprint density at radius 1 is 0.564 bits per heavy atom. The van der Waals surface area contributed by atoms with Gasteiger partial charge in [0.15, 0.2) is 0 Å². The van der Waals surface area contributed by atoms with Gasteiger partial charge in [-0.3, -0.25) is 9.37 Å². The number of aromatic nitrogens is 3. The summed E-state index contributed by atoms with van der Waals surface area (Å²) < 4.78 is 117. The van der Waals surface area contributed by atoms with Crippen LogP contribution >= 0.6 is 0 Å². The molecule has 0 bridgehead atoms. The van der Waals surface area contributed by atoms with Crippen molar-refractivity contribution in [3.8, 4) is 50.6 Å². The first kappa shape index (κ1) is 57.2. The van der Waals surface area contributed by atoms with Crippen LogP contribution in [0.3, 0.4) is 0 Å². The van der Waals surface area contributed by atoms with Crippen LogP contribution in [0.15, 0.2) is 156 Å². The van der Waals surface area contributed by atoms with E-state index in [1.807, 2.05) is 48.5 Å². The third-order valence-electron chi connectivity index (χ3n) is 14.0. The summed E-state index contributed by atoms with van der Waals surface area (Å²) in [6.45, 7) is 22.3. The molecular formula is C65H57F8IrN3O-2. The predicted molar refractivity (Wildman–Crippen MR) is 292 cm³/mol. The molecule has 10 rings (SSSR count). The average Bonchev–Trinajstić information content (AvgIpc) is 4.15. The molecule has 0 atom stereocenters. The summed E-state index contributed by atoms with van der Waals surface area (Å²) in [7, 11) is 0. The van der Waals surface area contributed by atoms with Crippen molar-refractivity contribution in [2.24, 2.45) is 0 Å². The summed E-state index contributed by atoms with van der Waals surface area (Å²) in [5, 5.41) is 1.49. The molecule has 13 heteroatoms. The smallest absolute Gasteiger partial charge is 0.435 e. The Hall–Kier alpha value is -6.95. The van der Waals surface area contributed by atoms with E-state index in [-0.39, 0.29) is 54.2 Å². The molecule has 4 nitrogen and oxygen atoms in total. The standard InChI is InChI=1S/C54H50F7N2O.C11H7FN.Ir/c1-30(2)42-26-35(34-24-37(50(5,6)7)29-38(25-34)51(8,9)10)27-43(31(3)4)47(42)63-45-17-12-11-16-44(45)62-49(63)41-15-13-14-40-39-23-20-33(28-46(39)64-48(40)41)32-18-21-36(22-19-32)52(55,53(56,57)58)54(59,60)61;12-10-6-4-9(5-7-10)11-3-1-2-8-13-11;/h11-14,16-31H,1-10H3;1-4,6-8H;/q2*-1;. The third kappa shape index (κ3) is 10.9. The Morgan fingerprint density at radius 3 is 1.71 bits per heavy atom. The van der Waals surface area contributed by atoms with Crippen molar-refractivity contribution < 1.29 is 59.6 Å². The van der Waals surface area contributed by atoms with Crippen LogP contribution < -0.4 is 0 Å². The topological polar surface area (TPSA) is 43.9 Å². The molecule has 0 spiro atoms. The van der Waals surface area contributed by atoms with Crippen molar-refractivity contribution in [1.29, 1.82) is 0 Å². The van der Waals surface area contributed by atoms with E-state index in [0.29, 0.717) is 40.3 Å². The van der Waals surface area contributed by atoms with Gasteiger partial charge in [0, 0.05) is 48.8 Å². The summed E-state index contributed by atoms with van der Waals surface area (Å²) >= 11 is 0. The van der Waals surface area contributed by atoms with E-state index in [0.717, 1.165) is 73.1 Å². The van der Waals surface area contributed by atoms with Gasteiger partial charge in [-0.15, -0.1) is 48.0 Å². The Balaban J connectivity index is 0.000000499. The third-order valence-corrected chi connectivity index (χ3v) is 14.0. The molecule has 3 aromatic heterocycles. The van der Waals surface area contributed by atoms with Gasteiger partial charge < -0.3 is 14.0 Å². The Kier molecular flexibility index (Phi) is 15.7. The predicted octanol–water partition coefficient (Wildman–Crippen LogP) is 19.5. The van der Waals surface area contributed by atoms with Gasteiger partial charge in [0.25, 0.3) is 0 Å². The number of halogens is 8. The Bertz CT molecular complexity index is 3690. The number of alkyl halides is 7. The molecule has 0 N–H and O–H groups in total. The molecule has 10 aromatic rings. The van der Waals surface area contributed by atoms with Gasteiger partial charge in [-0.1, -0.05) is 159 Å². The summed E-state index contributed by atoms with van der Waals surface area (Å²) in [5.74, 6) is 0.554. The minimum Gasteiger partial charge on any atom is -0.501 e. The maximum Gasteiger partial charge on any atom is 0.435 e. The van der Waals surface area contributed by atoms with E-state index >= 15 is 0 Å². The van der Waals surface area contributed by atoms with Crippen LogP contribution in [0.2, 0.25) is 0 Å². The molecule has 0 saturated heterocycles.